The van der Waals surface area contributed by atoms with Crippen molar-refractivity contribution in [2.45, 2.75) is 38.1 Å². The fourth-order valence-electron chi connectivity index (χ4n) is 2.75. The van der Waals surface area contributed by atoms with Gasteiger partial charge in [0.2, 0.25) is 5.91 Å². The summed E-state index contributed by atoms with van der Waals surface area (Å²) >= 11 is 0. The van der Waals surface area contributed by atoms with Gasteiger partial charge < -0.3 is 15.7 Å². The highest BCUT2D eigenvalue weighted by molar-refractivity contribution is 5.79. The fourth-order valence-corrected chi connectivity index (χ4v) is 2.75. The SMILES string of the molecule is O=C(O)C1CNCC(NC(=O)C2CCCC2)C1. The zero-order valence-corrected chi connectivity index (χ0v) is 9.95. The molecule has 1 saturated heterocycles. The average molecular weight is 240 g/mol. The van der Waals surface area contributed by atoms with Gasteiger partial charge in [-0.15, -0.1) is 0 Å². The number of aliphatic carboxylic acids is 1. The predicted molar refractivity (Wildman–Crippen MR) is 62.5 cm³/mol. The number of piperidine rings is 1. The van der Waals surface area contributed by atoms with Gasteiger partial charge in [-0.05, 0) is 19.3 Å². The van der Waals surface area contributed by atoms with Crippen LogP contribution in [0.2, 0.25) is 0 Å². The summed E-state index contributed by atoms with van der Waals surface area (Å²) in [4.78, 5) is 22.8. The van der Waals surface area contributed by atoms with Crippen molar-refractivity contribution in [2.75, 3.05) is 13.1 Å². The molecule has 1 aliphatic heterocycles. The Kier molecular flexibility index (Phi) is 3.99. The molecule has 2 atom stereocenters. The van der Waals surface area contributed by atoms with Crippen LogP contribution in [0.15, 0.2) is 0 Å². The monoisotopic (exact) mass is 240 g/mol. The molecule has 0 bridgehead atoms. The van der Waals surface area contributed by atoms with Gasteiger partial charge in [-0.2, -0.15) is 0 Å². The average Bonchev–Trinajstić information content (AvgIpc) is 2.82. The lowest BCUT2D eigenvalue weighted by molar-refractivity contribution is -0.143. The van der Waals surface area contributed by atoms with Crippen LogP contribution in [-0.2, 0) is 9.59 Å². The van der Waals surface area contributed by atoms with E-state index in [1.165, 1.54) is 0 Å². The van der Waals surface area contributed by atoms with E-state index in [0.29, 0.717) is 19.5 Å². The third kappa shape index (κ3) is 3.19. The molecule has 0 aromatic rings. The molecule has 1 amide bonds. The van der Waals surface area contributed by atoms with Crippen LogP contribution in [0.25, 0.3) is 0 Å². The molecule has 2 unspecified atom stereocenters. The lowest BCUT2D eigenvalue weighted by Gasteiger charge is -2.29. The summed E-state index contributed by atoms with van der Waals surface area (Å²) in [6.45, 7) is 1.19. The second-order valence-corrected chi connectivity index (χ2v) is 5.12. The number of nitrogens with one attached hydrogen (secondary N) is 2. The Labute approximate surface area is 101 Å². The molecule has 2 rings (SSSR count). The molecular formula is C12H20N2O3. The highest BCUT2D eigenvalue weighted by Gasteiger charge is 2.30. The summed E-state index contributed by atoms with van der Waals surface area (Å²) in [5.41, 5.74) is 0. The first kappa shape index (κ1) is 12.4. The van der Waals surface area contributed by atoms with Gasteiger partial charge in [0.15, 0.2) is 0 Å². The number of rotatable bonds is 3. The van der Waals surface area contributed by atoms with Gasteiger partial charge in [-0.1, -0.05) is 12.8 Å². The van der Waals surface area contributed by atoms with Crippen LogP contribution in [0.4, 0.5) is 0 Å². The van der Waals surface area contributed by atoms with Crippen molar-refractivity contribution in [1.82, 2.24) is 10.6 Å². The smallest absolute Gasteiger partial charge is 0.307 e. The normalized spacial score (nSPS) is 30.1. The zero-order chi connectivity index (χ0) is 12.3. The Morgan fingerprint density at radius 3 is 2.47 bits per heavy atom. The second-order valence-electron chi connectivity index (χ2n) is 5.12. The number of amides is 1. The van der Waals surface area contributed by atoms with E-state index in [0.717, 1.165) is 25.7 Å². The minimum absolute atomic E-state index is 0.0297. The minimum atomic E-state index is -0.780. The standard InChI is InChI=1S/C12H20N2O3/c15-11(8-3-1-2-4-8)14-10-5-9(12(16)17)6-13-7-10/h8-10,13H,1-7H2,(H,14,15)(H,16,17). The molecule has 5 heteroatoms. The van der Waals surface area contributed by atoms with E-state index >= 15 is 0 Å². The maximum atomic E-state index is 11.9. The number of hydrogen-bond donors (Lipinski definition) is 3. The summed E-state index contributed by atoms with van der Waals surface area (Å²) < 4.78 is 0. The summed E-state index contributed by atoms with van der Waals surface area (Å²) in [6.07, 6.45) is 4.78. The van der Waals surface area contributed by atoms with E-state index in [2.05, 4.69) is 10.6 Å². The van der Waals surface area contributed by atoms with Gasteiger partial charge in [0.1, 0.15) is 0 Å². The zero-order valence-electron chi connectivity index (χ0n) is 9.95. The lowest BCUT2D eigenvalue weighted by Crippen LogP contribution is -2.51. The Hall–Kier alpha value is -1.10. The molecule has 0 spiro atoms. The molecule has 0 aromatic heterocycles. The van der Waals surface area contributed by atoms with Crippen LogP contribution in [0.1, 0.15) is 32.1 Å². The summed E-state index contributed by atoms with van der Waals surface area (Å²) in [5.74, 6) is -0.893. The Morgan fingerprint density at radius 2 is 1.82 bits per heavy atom. The van der Waals surface area contributed by atoms with Gasteiger partial charge in [0.05, 0.1) is 5.92 Å². The van der Waals surface area contributed by atoms with E-state index in [9.17, 15) is 9.59 Å². The third-order valence-electron chi connectivity index (χ3n) is 3.77. The summed E-state index contributed by atoms with van der Waals surface area (Å²) in [6, 6.07) is -0.0297. The number of carboxylic acid groups (broad SMARTS) is 1. The van der Waals surface area contributed by atoms with E-state index in [1.54, 1.807) is 0 Å². The van der Waals surface area contributed by atoms with Crippen molar-refractivity contribution >= 4 is 11.9 Å². The van der Waals surface area contributed by atoms with Gasteiger partial charge in [0.25, 0.3) is 0 Å². The number of carbonyl (C=O) groups is 2. The van der Waals surface area contributed by atoms with Crippen molar-refractivity contribution in [3.05, 3.63) is 0 Å². The number of carboxylic acids is 1. The summed E-state index contributed by atoms with van der Waals surface area (Å²) in [5, 5.41) is 15.0. The van der Waals surface area contributed by atoms with Gasteiger partial charge in [-0.25, -0.2) is 0 Å². The van der Waals surface area contributed by atoms with Crippen LogP contribution in [0, 0.1) is 11.8 Å². The fraction of sp³-hybridized carbons (Fsp3) is 0.833. The van der Waals surface area contributed by atoms with Crippen LogP contribution >= 0.6 is 0 Å². The van der Waals surface area contributed by atoms with Crippen LogP contribution in [0.3, 0.4) is 0 Å². The third-order valence-corrected chi connectivity index (χ3v) is 3.77. The number of hydrogen-bond acceptors (Lipinski definition) is 3. The second kappa shape index (κ2) is 5.49. The van der Waals surface area contributed by atoms with Crippen LogP contribution in [0.5, 0.6) is 0 Å². The molecule has 2 fully saturated rings. The van der Waals surface area contributed by atoms with E-state index < -0.39 is 5.97 Å². The molecule has 2 aliphatic rings. The maximum absolute atomic E-state index is 11.9. The molecule has 0 radical (unpaired) electrons. The largest absolute Gasteiger partial charge is 0.481 e. The highest BCUT2D eigenvalue weighted by atomic mass is 16.4. The van der Waals surface area contributed by atoms with Crippen molar-refractivity contribution in [3.63, 3.8) is 0 Å². The molecule has 96 valence electrons. The predicted octanol–water partition coefficient (Wildman–Crippen LogP) is 0.355. The molecule has 1 saturated carbocycles. The van der Waals surface area contributed by atoms with Crippen LogP contribution in [-0.4, -0.2) is 36.1 Å². The number of carbonyl (C=O) groups excluding carboxylic acids is 1. The Morgan fingerprint density at radius 1 is 1.12 bits per heavy atom. The first-order valence-corrected chi connectivity index (χ1v) is 6.40. The topological polar surface area (TPSA) is 78.4 Å². The quantitative estimate of drug-likeness (QED) is 0.665. The molecule has 3 N–H and O–H groups in total. The van der Waals surface area contributed by atoms with Crippen molar-refractivity contribution in [2.24, 2.45) is 11.8 Å². The summed E-state index contributed by atoms with van der Waals surface area (Å²) in [7, 11) is 0. The Bertz CT molecular complexity index is 300. The molecule has 17 heavy (non-hydrogen) atoms. The van der Waals surface area contributed by atoms with Gasteiger partial charge in [-0.3, -0.25) is 9.59 Å². The first-order chi connectivity index (χ1) is 8.16. The van der Waals surface area contributed by atoms with Crippen molar-refractivity contribution in [1.29, 1.82) is 0 Å². The Balaban J connectivity index is 1.81. The van der Waals surface area contributed by atoms with Crippen molar-refractivity contribution in [3.8, 4) is 0 Å². The van der Waals surface area contributed by atoms with E-state index in [-0.39, 0.29) is 23.8 Å². The molecule has 5 nitrogen and oxygen atoms in total. The highest BCUT2D eigenvalue weighted by Crippen LogP contribution is 2.25. The molecule has 1 heterocycles. The first-order valence-electron chi connectivity index (χ1n) is 6.40. The van der Waals surface area contributed by atoms with E-state index in [1.807, 2.05) is 0 Å². The van der Waals surface area contributed by atoms with Crippen LogP contribution < -0.4 is 10.6 Å². The molecule has 0 aromatic carbocycles. The van der Waals surface area contributed by atoms with Crippen molar-refractivity contribution < 1.29 is 14.7 Å². The van der Waals surface area contributed by atoms with Gasteiger partial charge in [0, 0.05) is 25.0 Å². The molecule has 1 aliphatic carbocycles. The van der Waals surface area contributed by atoms with Gasteiger partial charge >= 0.3 is 5.97 Å². The molecular weight excluding hydrogens is 220 g/mol. The maximum Gasteiger partial charge on any atom is 0.307 e. The lowest BCUT2D eigenvalue weighted by atomic mass is 9.95. The minimum Gasteiger partial charge on any atom is -0.481 e. The van der Waals surface area contributed by atoms with E-state index in [4.69, 9.17) is 5.11 Å².